The Hall–Kier alpha value is -1.45. The summed E-state index contributed by atoms with van der Waals surface area (Å²) in [6.45, 7) is 4.60. The molecule has 1 rings (SSSR count). The van der Waals surface area contributed by atoms with E-state index in [1.807, 2.05) is 12.2 Å². The van der Waals surface area contributed by atoms with Gasteiger partial charge in [0.2, 0.25) is 0 Å². The van der Waals surface area contributed by atoms with Crippen molar-refractivity contribution in [3.05, 3.63) is 53.6 Å². The van der Waals surface area contributed by atoms with Crippen LogP contribution in [0.25, 0.3) is 0 Å². The van der Waals surface area contributed by atoms with Crippen LogP contribution in [0.2, 0.25) is 0 Å². The molecule has 0 aliphatic rings. The van der Waals surface area contributed by atoms with Crippen LogP contribution in [0.5, 0.6) is 0 Å². The van der Waals surface area contributed by atoms with Gasteiger partial charge in [0.1, 0.15) is 10.1 Å². The zero-order valence-electron chi connectivity index (χ0n) is 36.8. The van der Waals surface area contributed by atoms with Gasteiger partial charge in [-0.1, -0.05) is 211 Å². The third kappa shape index (κ3) is 32.1. The number of hydrogen-bond acceptors (Lipinski definition) is 7. The summed E-state index contributed by atoms with van der Waals surface area (Å²) in [5, 5.41) is 0. The van der Waals surface area contributed by atoms with Crippen molar-refractivity contribution in [2.45, 2.75) is 224 Å². The summed E-state index contributed by atoms with van der Waals surface area (Å²) in [5.41, 5.74) is -0.848. The topological polar surface area (TPSA) is 110 Å². The molecule has 0 spiro atoms. The van der Waals surface area contributed by atoms with Crippen LogP contribution in [0.3, 0.4) is 0 Å². The van der Waals surface area contributed by atoms with E-state index in [4.69, 9.17) is 9.47 Å². The van der Waals surface area contributed by atoms with Gasteiger partial charge in [-0.25, -0.2) is 18.0 Å². The van der Waals surface area contributed by atoms with Crippen molar-refractivity contribution < 1.29 is 61.6 Å². The second kappa shape index (κ2) is 40.0. The van der Waals surface area contributed by atoms with Gasteiger partial charge in [-0.05, 0) is 50.7 Å². The second-order valence-electron chi connectivity index (χ2n) is 15.7. The molecular formula is C48H81NaO7S. The molecule has 0 aromatic heterocycles. The number of hydrogen-bond donors (Lipinski definition) is 0. The van der Waals surface area contributed by atoms with Crippen molar-refractivity contribution in [3.63, 3.8) is 0 Å². The van der Waals surface area contributed by atoms with E-state index in [2.05, 4.69) is 26.0 Å². The molecule has 0 aliphatic carbocycles. The minimum Gasteiger partial charge on any atom is -0.744 e. The van der Waals surface area contributed by atoms with E-state index in [1.165, 1.54) is 179 Å². The molecule has 0 N–H and O–H groups in total. The van der Waals surface area contributed by atoms with E-state index >= 15 is 0 Å². The molecule has 0 radical (unpaired) electrons. The van der Waals surface area contributed by atoms with Gasteiger partial charge in [-0.2, -0.15) is 0 Å². The van der Waals surface area contributed by atoms with Crippen LogP contribution in [0, 0.1) is 0 Å². The van der Waals surface area contributed by atoms with Crippen molar-refractivity contribution in [3.8, 4) is 0 Å². The van der Waals surface area contributed by atoms with Gasteiger partial charge in [0.25, 0.3) is 0 Å². The molecule has 1 aromatic carbocycles. The fourth-order valence-electron chi connectivity index (χ4n) is 7.09. The van der Waals surface area contributed by atoms with Crippen molar-refractivity contribution >= 4 is 22.1 Å². The summed E-state index contributed by atoms with van der Waals surface area (Å²) in [7, 11) is -5.04. The Balaban J connectivity index is 0.0000314. The van der Waals surface area contributed by atoms with Crippen molar-refractivity contribution in [1.82, 2.24) is 0 Å². The number of esters is 2. The standard InChI is InChI=1S/C48H82O7S.Na/c1-3-5-7-9-11-13-15-17-19-21-23-25-27-29-31-33-35-37-42-54-47(49)44-40-39-41-45(56(51,52)53)46(44)48(50)55-43-38-36-34-32-30-28-26-24-22-20-18-16-14-12-10-8-6-4-2;/h33-36,39-41H,3-32,37-38,42-43H2,1-2H3,(H,51,52,53);/q;+1/p-1/b35-33+,36-34+;. The molecule has 7 nitrogen and oxygen atoms in total. The molecule has 0 aliphatic heterocycles. The van der Waals surface area contributed by atoms with Gasteiger partial charge in [-0.15, -0.1) is 0 Å². The van der Waals surface area contributed by atoms with Crippen LogP contribution in [-0.4, -0.2) is 38.1 Å². The number of allylic oxidation sites excluding steroid dienone is 2. The predicted octanol–water partition coefficient (Wildman–Crippen LogP) is 11.5. The average Bonchev–Trinajstić information content (AvgIpc) is 3.18. The summed E-state index contributed by atoms with van der Waals surface area (Å²) in [4.78, 5) is 25.1. The number of rotatable bonds is 39. The van der Waals surface area contributed by atoms with E-state index in [-0.39, 0.29) is 48.3 Å². The van der Waals surface area contributed by atoms with Gasteiger partial charge >= 0.3 is 41.5 Å². The van der Waals surface area contributed by atoms with Gasteiger partial charge in [-0.3, -0.25) is 0 Å². The third-order valence-electron chi connectivity index (χ3n) is 10.5. The Morgan fingerprint density at radius 3 is 1.16 bits per heavy atom. The van der Waals surface area contributed by atoms with Crippen molar-refractivity contribution in [2.24, 2.45) is 0 Å². The number of ether oxygens (including phenoxy) is 2. The van der Waals surface area contributed by atoms with Gasteiger partial charge in [0.05, 0.1) is 29.2 Å². The molecule has 0 atom stereocenters. The quantitative estimate of drug-likeness (QED) is 0.0214. The fourth-order valence-corrected chi connectivity index (χ4v) is 7.78. The summed E-state index contributed by atoms with van der Waals surface area (Å²) in [6.07, 6.45) is 48.1. The SMILES string of the molecule is CCCCCCCCCCCCCCCC/C=C/CCOC(=O)c1cccc(S(=O)(=O)[O-])c1C(=O)OCC/C=C/CCCCCCCCCCCCCCCC.[Na+]. The molecule has 1 aromatic rings. The molecule has 0 amide bonds. The largest absolute Gasteiger partial charge is 1.00 e. The minimum absolute atomic E-state index is 0. The molecule has 0 heterocycles. The van der Waals surface area contributed by atoms with Crippen LogP contribution in [-0.2, 0) is 19.6 Å². The van der Waals surface area contributed by atoms with Gasteiger partial charge in [0.15, 0.2) is 0 Å². The van der Waals surface area contributed by atoms with Crippen LogP contribution in [0.15, 0.2) is 47.4 Å². The van der Waals surface area contributed by atoms with Crippen LogP contribution in [0.1, 0.15) is 240 Å². The summed E-state index contributed by atoms with van der Waals surface area (Å²) in [6, 6.07) is 3.57. The molecule has 57 heavy (non-hydrogen) atoms. The van der Waals surface area contributed by atoms with Crippen molar-refractivity contribution in [2.75, 3.05) is 13.2 Å². The third-order valence-corrected chi connectivity index (χ3v) is 11.4. The van der Waals surface area contributed by atoms with Gasteiger partial charge < -0.3 is 14.0 Å². The van der Waals surface area contributed by atoms with E-state index in [0.29, 0.717) is 12.8 Å². The second-order valence-corrected chi connectivity index (χ2v) is 17.0. The Kier molecular flexibility index (Phi) is 39.0. The van der Waals surface area contributed by atoms with E-state index < -0.39 is 32.5 Å². The average molecular weight is 825 g/mol. The van der Waals surface area contributed by atoms with E-state index in [0.717, 1.165) is 31.7 Å². The van der Waals surface area contributed by atoms with Crippen molar-refractivity contribution in [1.29, 1.82) is 0 Å². The maximum atomic E-state index is 13.0. The van der Waals surface area contributed by atoms with Crippen LogP contribution < -0.4 is 29.6 Å². The number of carbonyl (C=O) groups excluding carboxylic acids is 2. The number of carbonyl (C=O) groups is 2. The smallest absolute Gasteiger partial charge is 0.744 e. The maximum Gasteiger partial charge on any atom is 1.00 e. The Labute approximate surface area is 372 Å². The summed E-state index contributed by atoms with van der Waals surface area (Å²) < 4.78 is 46.6. The van der Waals surface area contributed by atoms with Crippen LogP contribution in [0.4, 0.5) is 0 Å². The summed E-state index contributed by atoms with van der Waals surface area (Å²) in [5.74, 6) is -1.89. The number of unbranched alkanes of at least 4 members (excludes halogenated alkanes) is 28. The Bertz CT molecular complexity index is 1280. The first-order valence-corrected chi connectivity index (χ1v) is 24.5. The fraction of sp³-hybridized carbons (Fsp3) is 0.750. The van der Waals surface area contributed by atoms with E-state index in [1.54, 1.807) is 0 Å². The first kappa shape index (κ1) is 55.5. The molecule has 0 saturated carbocycles. The van der Waals surface area contributed by atoms with E-state index in [9.17, 15) is 22.6 Å². The summed E-state index contributed by atoms with van der Waals surface area (Å²) >= 11 is 0. The minimum atomic E-state index is -5.04. The number of benzene rings is 1. The Morgan fingerprint density at radius 1 is 0.491 bits per heavy atom. The Morgan fingerprint density at radius 2 is 0.807 bits per heavy atom. The van der Waals surface area contributed by atoms with Crippen LogP contribution >= 0.6 is 0 Å². The molecular weight excluding hydrogens is 744 g/mol. The molecule has 0 fully saturated rings. The first-order valence-electron chi connectivity index (χ1n) is 23.1. The zero-order valence-corrected chi connectivity index (χ0v) is 39.7. The first-order chi connectivity index (χ1) is 27.3. The van der Waals surface area contributed by atoms with Gasteiger partial charge in [0, 0.05) is 0 Å². The molecule has 322 valence electrons. The molecule has 9 heteroatoms. The normalized spacial score (nSPS) is 11.7. The molecule has 0 bridgehead atoms. The zero-order chi connectivity index (χ0) is 40.8. The maximum absolute atomic E-state index is 13.0. The molecule has 0 unspecified atom stereocenters. The molecule has 0 saturated heterocycles. The predicted molar refractivity (Wildman–Crippen MR) is 232 cm³/mol. The monoisotopic (exact) mass is 825 g/mol.